The molecule has 4 rings (SSSR count). The van der Waals surface area contributed by atoms with Crippen LogP contribution in [0.5, 0.6) is 0 Å². The Bertz CT molecular complexity index is 989. The zero-order valence-electron chi connectivity index (χ0n) is 17.8. The summed E-state index contributed by atoms with van der Waals surface area (Å²) < 4.78 is 5.85. The molecule has 2 fully saturated rings. The highest BCUT2D eigenvalue weighted by Crippen LogP contribution is 2.30. The van der Waals surface area contributed by atoms with Crippen molar-refractivity contribution in [2.75, 3.05) is 19.0 Å². The fraction of sp³-hybridized carbons (Fsp3) is 0.435. The Hall–Kier alpha value is -2.97. The number of fused-ring (bicyclic) bond motifs is 2. The molecular formula is C23H28N4O4. The first-order valence-electron chi connectivity index (χ1n) is 10.7. The lowest BCUT2D eigenvalue weighted by atomic mass is 10.1. The van der Waals surface area contributed by atoms with Crippen LogP contribution in [0.3, 0.4) is 0 Å². The number of hydrogen-bond acceptors (Lipinski definition) is 5. The Morgan fingerprint density at radius 1 is 1.10 bits per heavy atom. The van der Waals surface area contributed by atoms with Gasteiger partial charge in [-0.2, -0.15) is 0 Å². The van der Waals surface area contributed by atoms with E-state index in [4.69, 9.17) is 4.74 Å². The second-order valence-corrected chi connectivity index (χ2v) is 8.04. The van der Waals surface area contributed by atoms with Gasteiger partial charge < -0.3 is 25.6 Å². The number of likely N-dealkylation sites (N-methyl/N-ethyl adjacent to an activating group) is 1. The molecule has 0 spiro atoms. The molecule has 3 N–H and O–H groups in total. The number of benzene rings is 2. The zero-order valence-corrected chi connectivity index (χ0v) is 17.8. The van der Waals surface area contributed by atoms with Crippen molar-refractivity contribution in [1.82, 2.24) is 15.5 Å². The molecule has 0 radical (unpaired) electrons. The standard InChI is InChI=1S/C23H28N4O4/c1-14(24-2)21(28)26-18-12-13-31-20-11-10-19(27(20)23(18)30)22(29)25-17-9-5-7-15-6-3-4-8-16(15)17/h3-9,14,18-20,24H,10-13H2,1-2H3,(H,25,29)(H,26,28)/t14-,18-,19-,20-/m0/s1. The van der Waals surface area contributed by atoms with Gasteiger partial charge in [-0.3, -0.25) is 14.4 Å². The second-order valence-electron chi connectivity index (χ2n) is 8.04. The van der Waals surface area contributed by atoms with Gasteiger partial charge in [0, 0.05) is 17.5 Å². The maximum Gasteiger partial charge on any atom is 0.247 e. The van der Waals surface area contributed by atoms with Gasteiger partial charge in [0.25, 0.3) is 0 Å². The number of hydrogen-bond donors (Lipinski definition) is 3. The molecule has 2 aromatic rings. The number of nitrogens with zero attached hydrogens (tertiary/aromatic N) is 1. The van der Waals surface area contributed by atoms with Crippen LogP contribution < -0.4 is 16.0 Å². The summed E-state index contributed by atoms with van der Waals surface area (Å²) in [6.07, 6.45) is 1.04. The quantitative estimate of drug-likeness (QED) is 0.677. The van der Waals surface area contributed by atoms with Crippen molar-refractivity contribution >= 4 is 34.2 Å². The summed E-state index contributed by atoms with van der Waals surface area (Å²) in [6.45, 7) is 2.08. The van der Waals surface area contributed by atoms with Crippen LogP contribution in [-0.2, 0) is 19.1 Å². The number of anilines is 1. The smallest absolute Gasteiger partial charge is 0.247 e. The molecule has 2 aliphatic heterocycles. The fourth-order valence-electron chi connectivity index (χ4n) is 4.23. The molecule has 0 aliphatic carbocycles. The SMILES string of the molecule is CN[C@@H](C)C(=O)N[C@H]1CCO[C@H]2CC[C@@H](C(=O)Nc3cccc4ccccc34)N2C1=O. The van der Waals surface area contributed by atoms with Gasteiger partial charge in [-0.15, -0.1) is 0 Å². The largest absolute Gasteiger partial charge is 0.358 e. The molecule has 2 aromatic carbocycles. The van der Waals surface area contributed by atoms with Crippen molar-refractivity contribution in [2.45, 2.75) is 50.5 Å². The molecule has 0 aromatic heterocycles. The predicted octanol–water partition coefficient (Wildman–Crippen LogP) is 1.61. The molecule has 0 saturated carbocycles. The third-order valence-electron chi connectivity index (χ3n) is 6.10. The van der Waals surface area contributed by atoms with Crippen LogP contribution in [0.2, 0.25) is 0 Å². The van der Waals surface area contributed by atoms with E-state index in [9.17, 15) is 14.4 Å². The van der Waals surface area contributed by atoms with Gasteiger partial charge in [0.2, 0.25) is 17.7 Å². The minimum atomic E-state index is -0.709. The van der Waals surface area contributed by atoms with Crippen molar-refractivity contribution in [3.63, 3.8) is 0 Å². The van der Waals surface area contributed by atoms with E-state index >= 15 is 0 Å². The predicted molar refractivity (Wildman–Crippen MR) is 117 cm³/mol. The number of ether oxygens (including phenoxy) is 1. The molecule has 3 amide bonds. The van der Waals surface area contributed by atoms with Gasteiger partial charge in [0.05, 0.1) is 12.6 Å². The van der Waals surface area contributed by atoms with Crippen molar-refractivity contribution in [2.24, 2.45) is 0 Å². The number of nitrogens with one attached hydrogen (secondary N) is 3. The van der Waals surface area contributed by atoms with E-state index < -0.39 is 24.4 Å². The zero-order chi connectivity index (χ0) is 22.0. The number of carbonyl (C=O) groups excluding carboxylic acids is 3. The average molecular weight is 425 g/mol. The number of carbonyl (C=O) groups is 3. The molecular weight excluding hydrogens is 396 g/mol. The van der Waals surface area contributed by atoms with Gasteiger partial charge in [0.1, 0.15) is 18.3 Å². The number of rotatable bonds is 5. The minimum absolute atomic E-state index is 0.244. The normalized spacial score (nSPS) is 24.4. The Balaban J connectivity index is 1.53. The van der Waals surface area contributed by atoms with Crippen LogP contribution in [0.25, 0.3) is 10.8 Å². The summed E-state index contributed by atoms with van der Waals surface area (Å²) in [5, 5.41) is 10.6. The van der Waals surface area contributed by atoms with Crippen LogP contribution in [0.15, 0.2) is 42.5 Å². The molecule has 0 bridgehead atoms. The van der Waals surface area contributed by atoms with E-state index in [-0.39, 0.29) is 17.7 Å². The summed E-state index contributed by atoms with van der Waals surface area (Å²) in [5.74, 6) is -0.767. The van der Waals surface area contributed by atoms with Crippen LogP contribution in [-0.4, -0.2) is 60.6 Å². The molecule has 8 heteroatoms. The Morgan fingerprint density at radius 2 is 1.87 bits per heavy atom. The van der Waals surface area contributed by atoms with Gasteiger partial charge in [-0.1, -0.05) is 36.4 Å². The van der Waals surface area contributed by atoms with E-state index in [0.29, 0.717) is 31.6 Å². The molecule has 2 heterocycles. The first kappa shape index (κ1) is 21.3. The monoisotopic (exact) mass is 424 g/mol. The van der Waals surface area contributed by atoms with E-state index in [1.54, 1.807) is 14.0 Å². The van der Waals surface area contributed by atoms with Gasteiger partial charge in [-0.05, 0) is 38.3 Å². The fourth-order valence-corrected chi connectivity index (χ4v) is 4.23. The lowest BCUT2D eigenvalue weighted by molar-refractivity contribution is -0.147. The summed E-state index contributed by atoms with van der Waals surface area (Å²) >= 11 is 0. The lowest BCUT2D eigenvalue weighted by Crippen LogP contribution is -2.55. The molecule has 0 unspecified atom stereocenters. The summed E-state index contributed by atoms with van der Waals surface area (Å²) in [4.78, 5) is 40.3. The van der Waals surface area contributed by atoms with Crippen molar-refractivity contribution in [3.05, 3.63) is 42.5 Å². The molecule has 164 valence electrons. The van der Waals surface area contributed by atoms with E-state index in [0.717, 1.165) is 10.8 Å². The van der Waals surface area contributed by atoms with Crippen LogP contribution >= 0.6 is 0 Å². The van der Waals surface area contributed by atoms with Crippen molar-refractivity contribution in [3.8, 4) is 0 Å². The summed E-state index contributed by atoms with van der Waals surface area (Å²) in [7, 11) is 1.69. The van der Waals surface area contributed by atoms with Crippen LogP contribution in [0, 0.1) is 0 Å². The third-order valence-corrected chi connectivity index (χ3v) is 6.10. The Labute approximate surface area is 181 Å². The molecule has 8 nitrogen and oxygen atoms in total. The molecule has 31 heavy (non-hydrogen) atoms. The lowest BCUT2D eigenvalue weighted by Gasteiger charge is -2.30. The maximum atomic E-state index is 13.3. The minimum Gasteiger partial charge on any atom is -0.358 e. The van der Waals surface area contributed by atoms with Crippen LogP contribution in [0.1, 0.15) is 26.2 Å². The molecule has 4 atom stereocenters. The highest BCUT2D eigenvalue weighted by Gasteiger charge is 2.45. The second kappa shape index (κ2) is 9.03. The van der Waals surface area contributed by atoms with Gasteiger partial charge in [-0.25, -0.2) is 0 Å². The van der Waals surface area contributed by atoms with E-state index in [2.05, 4.69) is 16.0 Å². The maximum absolute atomic E-state index is 13.3. The van der Waals surface area contributed by atoms with E-state index in [1.165, 1.54) is 4.90 Å². The highest BCUT2D eigenvalue weighted by atomic mass is 16.5. The summed E-state index contributed by atoms with van der Waals surface area (Å²) in [5.41, 5.74) is 0.711. The number of amides is 3. The van der Waals surface area contributed by atoms with Crippen LogP contribution in [0.4, 0.5) is 5.69 Å². The van der Waals surface area contributed by atoms with Crippen molar-refractivity contribution < 1.29 is 19.1 Å². The molecule has 2 aliphatic rings. The highest BCUT2D eigenvalue weighted by molar-refractivity contribution is 6.05. The topological polar surface area (TPSA) is 99.8 Å². The first-order valence-corrected chi connectivity index (χ1v) is 10.7. The van der Waals surface area contributed by atoms with Gasteiger partial charge >= 0.3 is 0 Å². The van der Waals surface area contributed by atoms with Crippen molar-refractivity contribution in [1.29, 1.82) is 0 Å². The summed E-state index contributed by atoms with van der Waals surface area (Å²) in [6, 6.07) is 11.8. The average Bonchev–Trinajstić information content (AvgIpc) is 3.15. The molecule has 2 saturated heterocycles. The van der Waals surface area contributed by atoms with Gasteiger partial charge in [0.15, 0.2) is 0 Å². The third kappa shape index (κ3) is 4.26. The van der Waals surface area contributed by atoms with E-state index in [1.807, 2.05) is 42.5 Å². The first-order chi connectivity index (χ1) is 15.0. The Morgan fingerprint density at radius 3 is 2.68 bits per heavy atom. The Kier molecular flexibility index (Phi) is 6.20.